The molecule has 0 aliphatic rings. The molecule has 2 aromatic heterocycles. The maximum absolute atomic E-state index is 5.78. The average molecular weight is 229 g/mol. The van der Waals surface area contributed by atoms with Crippen LogP contribution in [0.25, 0.3) is 0 Å². The Balaban J connectivity index is 2.27. The molecule has 0 aliphatic heterocycles. The highest BCUT2D eigenvalue weighted by molar-refractivity contribution is 5.33. The molecule has 0 radical (unpaired) electrons. The molecule has 0 saturated carbocycles. The summed E-state index contributed by atoms with van der Waals surface area (Å²) in [6.07, 6.45) is 3.47. The summed E-state index contributed by atoms with van der Waals surface area (Å²) in [5.74, 6) is 1.36. The van der Waals surface area contributed by atoms with Crippen LogP contribution in [0.1, 0.15) is 11.3 Å². The zero-order valence-corrected chi connectivity index (χ0v) is 9.97. The van der Waals surface area contributed by atoms with Gasteiger partial charge in [0.2, 0.25) is 5.88 Å². The van der Waals surface area contributed by atoms with Crippen LogP contribution in [0.2, 0.25) is 0 Å². The highest BCUT2D eigenvalue weighted by atomic mass is 16.5. The quantitative estimate of drug-likeness (QED) is 0.873. The smallest absolute Gasteiger partial charge is 0.223 e. The van der Waals surface area contributed by atoms with E-state index in [1.165, 1.54) is 0 Å². The fourth-order valence-corrected chi connectivity index (χ4v) is 1.52. The summed E-state index contributed by atoms with van der Waals surface area (Å²) in [4.78, 5) is 8.43. The van der Waals surface area contributed by atoms with Crippen molar-refractivity contribution in [2.45, 2.75) is 13.5 Å². The topological polar surface area (TPSA) is 47.0 Å². The zero-order chi connectivity index (χ0) is 12.1. The zero-order valence-electron chi connectivity index (χ0n) is 9.97. The Hall–Kier alpha value is -1.94. The van der Waals surface area contributed by atoms with Gasteiger partial charge >= 0.3 is 0 Å². The van der Waals surface area contributed by atoms with Crippen LogP contribution < -0.4 is 10.1 Å². The molecule has 17 heavy (non-hydrogen) atoms. The molecule has 2 rings (SSSR count). The number of rotatable bonds is 4. The fourth-order valence-electron chi connectivity index (χ4n) is 1.52. The van der Waals surface area contributed by atoms with Crippen molar-refractivity contribution in [3.8, 4) is 11.6 Å². The van der Waals surface area contributed by atoms with Gasteiger partial charge in [0, 0.05) is 24.5 Å². The Morgan fingerprint density at radius 3 is 2.71 bits per heavy atom. The van der Waals surface area contributed by atoms with Gasteiger partial charge in [-0.05, 0) is 32.2 Å². The van der Waals surface area contributed by atoms with Gasteiger partial charge in [-0.15, -0.1) is 0 Å². The summed E-state index contributed by atoms with van der Waals surface area (Å²) >= 11 is 0. The molecule has 0 aromatic carbocycles. The summed E-state index contributed by atoms with van der Waals surface area (Å²) in [6.45, 7) is 2.64. The Kier molecular flexibility index (Phi) is 3.67. The molecule has 0 saturated heterocycles. The lowest BCUT2D eigenvalue weighted by atomic mass is 10.2. The molecule has 2 aromatic rings. The minimum absolute atomic E-state index is 0.623. The molecule has 0 aliphatic carbocycles. The highest BCUT2D eigenvalue weighted by Crippen LogP contribution is 2.24. The van der Waals surface area contributed by atoms with Crippen LogP contribution in [0.15, 0.2) is 36.7 Å². The third kappa shape index (κ3) is 2.79. The number of nitrogens with one attached hydrogen (secondary N) is 1. The molecule has 0 atom stereocenters. The van der Waals surface area contributed by atoms with Crippen molar-refractivity contribution in [3.63, 3.8) is 0 Å². The Bertz CT molecular complexity index is 500. The lowest BCUT2D eigenvalue weighted by molar-refractivity contribution is 0.448. The van der Waals surface area contributed by atoms with E-state index in [2.05, 4.69) is 15.3 Å². The number of ether oxygens (including phenoxy) is 1. The fraction of sp³-hybridized carbons (Fsp3) is 0.231. The predicted molar refractivity (Wildman–Crippen MR) is 66.0 cm³/mol. The molecule has 0 bridgehead atoms. The van der Waals surface area contributed by atoms with Crippen molar-refractivity contribution < 1.29 is 4.74 Å². The van der Waals surface area contributed by atoms with E-state index in [-0.39, 0.29) is 0 Å². The van der Waals surface area contributed by atoms with Crippen LogP contribution in [0.3, 0.4) is 0 Å². The molecule has 2 heterocycles. The number of hydrogen-bond donors (Lipinski definition) is 1. The molecule has 0 spiro atoms. The van der Waals surface area contributed by atoms with Gasteiger partial charge in [-0.1, -0.05) is 6.07 Å². The monoisotopic (exact) mass is 229 g/mol. The molecule has 4 heteroatoms. The van der Waals surface area contributed by atoms with Gasteiger partial charge in [0.05, 0.1) is 5.69 Å². The first-order valence-corrected chi connectivity index (χ1v) is 5.49. The predicted octanol–water partition coefficient (Wildman–Crippen LogP) is 2.30. The minimum Gasteiger partial charge on any atom is -0.437 e. The van der Waals surface area contributed by atoms with E-state index in [4.69, 9.17) is 4.74 Å². The molecule has 1 N–H and O–H groups in total. The van der Waals surface area contributed by atoms with Crippen molar-refractivity contribution in [3.05, 3.63) is 47.9 Å². The maximum atomic E-state index is 5.78. The van der Waals surface area contributed by atoms with Gasteiger partial charge in [-0.3, -0.25) is 4.98 Å². The molecule has 0 amide bonds. The molecule has 88 valence electrons. The van der Waals surface area contributed by atoms with Gasteiger partial charge in [0.1, 0.15) is 0 Å². The second-order valence-electron chi connectivity index (χ2n) is 3.69. The average Bonchev–Trinajstić information content (AvgIpc) is 2.35. The summed E-state index contributed by atoms with van der Waals surface area (Å²) in [5, 5.41) is 3.09. The van der Waals surface area contributed by atoms with Crippen molar-refractivity contribution >= 4 is 0 Å². The van der Waals surface area contributed by atoms with Crippen LogP contribution in [0, 0.1) is 6.92 Å². The van der Waals surface area contributed by atoms with Gasteiger partial charge in [-0.2, -0.15) is 0 Å². The summed E-state index contributed by atoms with van der Waals surface area (Å²) in [5.41, 5.74) is 1.88. The maximum Gasteiger partial charge on any atom is 0.223 e. The van der Waals surface area contributed by atoms with Crippen LogP contribution in [-0.4, -0.2) is 17.0 Å². The van der Waals surface area contributed by atoms with Crippen molar-refractivity contribution in [2.75, 3.05) is 7.05 Å². The third-order valence-corrected chi connectivity index (χ3v) is 2.38. The molecule has 0 unspecified atom stereocenters. The summed E-state index contributed by atoms with van der Waals surface area (Å²) in [6, 6.07) is 7.63. The second kappa shape index (κ2) is 5.41. The lowest BCUT2D eigenvalue weighted by Crippen LogP contribution is -2.07. The SMILES string of the molecule is CNCc1cccnc1Oc1cccnc1C. The van der Waals surface area contributed by atoms with Crippen molar-refractivity contribution in [2.24, 2.45) is 0 Å². The second-order valence-corrected chi connectivity index (χ2v) is 3.69. The summed E-state index contributed by atoms with van der Waals surface area (Å²) < 4.78 is 5.78. The minimum atomic E-state index is 0.623. The van der Waals surface area contributed by atoms with Crippen molar-refractivity contribution in [1.82, 2.24) is 15.3 Å². The van der Waals surface area contributed by atoms with Crippen molar-refractivity contribution in [1.29, 1.82) is 0 Å². The first-order valence-electron chi connectivity index (χ1n) is 5.49. The van der Waals surface area contributed by atoms with E-state index in [1.54, 1.807) is 12.4 Å². The van der Waals surface area contributed by atoms with E-state index in [0.29, 0.717) is 5.88 Å². The van der Waals surface area contributed by atoms with Crippen LogP contribution in [0.4, 0.5) is 0 Å². The number of aromatic nitrogens is 2. The van der Waals surface area contributed by atoms with Gasteiger partial charge in [0.15, 0.2) is 5.75 Å². The van der Waals surface area contributed by atoms with E-state index in [9.17, 15) is 0 Å². The standard InChI is InChI=1S/C13H15N3O/c1-10-12(6-4-7-15-10)17-13-11(9-14-2)5-3-8-16-13/h3-8,14H,9H2,1-2H3. The highest BCUT2D eigenvalue weighted by Gasteiger charge is 2.07. The Morgan fingerprint density at radius 1 is 1.18 bits per heavy atom. The molecule has 0 fully saturated rings. The Morgan fingerprint density at radius 2 is 1.94 bits per heavy atom. The number of hydrogen-bond acceptors (Lipinski definition) is 4. The lowest BCUT2D eigenvalue weighted by Gasteiger charge is -2.10. The molecular weight excluding hydrogens is 214 g/mol. The first kappa shape index (κ1) is 11.5. The van der Waals surface area contributed by atoms with E-state index >= 15 is 0 Å². The van der Waals surface area contributed by atoms with Crippen LogP contribution in [-0.2, 0) is 6.54 Å². The number of pyridine rings is 2. The number of aryl methyl sites for hydroxylation is 1. The molecular formula is C13H15N3O. The van der Waals surface area contributed by atoms with E-state index < -0.39 is 0 Å². The molecule has 4 nitrogen and oxygen atoms in total. The van der Waals surface area contributed by atoms with E-state index in [1.807, 2.05) is 38.2 Å². The number of nitrogens with zero attached hydrogens (tertiary/aromatic N) is 2. The van der Waals surface area contributed by atoms with Gasteiger partial charge in [-0.25, -0.2) is 4.98 Å². The van der Waals surface area contributed by atoms with Crippen LogP contribution in [0.5, 0.6) is 11.6 Å². The third-order valence-electron chi connectivity index (χ3n) is 2.38. The van der Waals surface area contributed by atoms with Crippen LogP contribution >= 0.6 is 0 Å². The largest absolute Gasteiger partial charge is 0.437 e. The summed E-state index contributed by atoms with van der Waals surface area (Å²) in [7, 11) is 1.89. The normalized spacial score (nSPS) is 10.2. The first-order chi connectivity index (χ1) is 8.31. The Labute approximate surface area is 101 Å². The van der Waals surface area contributed by atoms with Gasteiger partial charge in [0.25, 0.3) is 0 Å². The van der Waals surface area contributed by atoms with E-state index in [0.717, 1.165) is 23.6 Å². The van der Waals surface area contributed by atoms with Gasteiger partial charge < -0.3 is 10.1 Å².